The minimum Gasteiger partial charge on any atom is -0.307 e. The Labute approximate surface area is 341 Å². The lowest BCUT2D eigenvalue weighted by Crippen LogP contribution is -2.17. The van der Waals surface area contributed by atoms with Crippen LogP contribution >= 0.6 is 0 Å². The van der Waals surface area contributed by atoms with Crippen molar-refractivity contribution in [3.63, 3.8) is 0 Å². The molecular formula is C54H37N5. The van der Waals surface area contributed by atoms with Gasteiger partial charge in [0.15, 0.2) is 11.6 Å². The van der Waals surface area contributed by atoms with Crippen LogP contribution in [0.2, 0.25) is 0 Å². The van der Waals surface area contributed by atoms with Gasteiger partial charge in [-0.25, -0.2) is 4.98 Å². The first kappa shape index (κ1) is 33.5. The third-order valence-electron chi connectivity index (χ3n) is 12.4. The van der Waals surface area contributed by atoms with Crippen molar-refractivity contribution in [1.29, 1.82) is 0 Å². The van der Waals surface area contributed by atoms with Gasteiger partial charge in [-0.1, -0.05) is 178 Å². The van der Waals surface area contributed by atoms with E-state index in [0.29, 0.717) is 17.6 Å². The first-order valence-electron chi connectivity index (χ1n) is 20.2. The van der Waals surface area contributed by atoms with E-state index in [1.165, 1.54) is 38.6 Å². The highest BCUT2D eigenvalue weighted by atomic mass is 15.2. The second kappa shape index (κ2) is 12.7. The normalized spacial score (nSPS) is 13.1. The van der Waals surface area contributed by atoms with Crippen molar-refractivity contribution in [2.24, 2.45) is 0 Å². The average molecular weight is 756 g/mol. The Morgan fingerprint density at radius 1 is 0.390 bits per heavy atom. The van der Waals surface area contributed by atoms with Gasteiger partial charge in [0.2, 0.25) is 5.95 Å². The van der Waals surface area contributed by atoms with Crippen molar-refractivity contribution in [3.8, 4) is 56.7 Å². The van der Waals surface area contributed by atoms with Crippen LogP contribution in [0, 0.1) is 0 Å². The fraction of sp³-hybridized carbons (Fsp3) is 0.0556. The Morgan fingerprint density at radius 2 is 0.932 bits per heavy atom. The molecule has 0 fully saturated rings. The Bertz CT molecular complexity index is 3470. The number of aromatic nitrogens is 5. The number of rotatable bonds is 5. The molecular weight excluding hydrogens is 719 g/mol. The molecule has 0 spiro atoms. The summed E-state index contributed by atoms with van der Waals surface area (Å²) in [5.41, 5.74) is 14.5. The fourth-order valence-electron chi connectivity index (χ4n) is 9.77. The minimum atomic E-state index is -0.254. The number of nitrogens with zero attached hydrogens (tertiary/aromatic N) is 5. The van der Waals surface area contributed by atoms with Crippen molar-refractivity contribution in [3.05, 3.63) is 199 Å². The highest BCUT2D eigenvalue weighted by Gasteiger charge is 2.38. The predicted molar refractivity (Wildman–Crippen MR) is 242 cm³/mol. The molecule has 11 aromatic rings. The number of fused-ring (bicyclic) bond motifs is 10. The molecule has 0 aliphatic heterocycles. The van der Waals surface area contributed by atoms with Crippen LogP contribution in [0.25, 0.3) is 100 Å². The minimum absolute atomic E-state index is 0.254. The lowest BCUT2D eigenvalue weighted by Gasteiger charge is -2.24. The van der Waals surface area contributed by atoms with Crippen LogP contribution in [0.3, 0.4) is 0 Å². The van der Waals surface area contributed by atoms with E-state index in [4.69, 9.17) is 15.0 Å². The summed E-state index contributed by atoms with van der Waals surface area (Å²) < 4.78 is 4.71. The second-order valence-corrected chi connectivity index (χ2v) is 16.0. The molecule has 1 aliphatic carbocycles. The Hall–Kier alpha value is -7.63. The van der Waals surface area contributed by atoms with Gasteiger partial charge in [0, 0.05) is 43.8 Å². The molecule has 278 valence electrons. The molecule has 5 heteroatoms. The highest BCUT2D eigenvalue weighted by Crippen LogP contribution is 2.52. The summed E-state index contributed by atoms with van der Waals surface area (Å²) in [6.45, 7) is 4.63. The van der Waals surface area contributed by atoms with E-state index in [1.54, 1.807) is 0 Å². The summed E-state index contributed by atoms with van der Waals surface area (Å²) in [4.78, 5) is 16.2. The highest BCUT2D eigenvalue weighted by molar-refractivity contribution is 6.23. The summed E-state index contributed by atoms with van der Waals surface area (Å²) >= 11 is 0. The van der Waals surface area contributed by atoms with Crippen molar-refractivity contribution >= 4 is 43.6 Å². The molecule has 8 aromatic carbocycles. The first-order chi connectivity index (χ1) is 29.0. The van der Waals surface area contributed by atoms with E-state index in [0.717, 1.165) is 55.2 Å². The van der Waals surface area contributed by atoms with Gasteiger partial charge in [-0.15, -0.1) is 0 Å². The van der Waals surface area contributed by atoms with Crippen molar-refractivity contribution in [2.45, 2.75) is 19.3 Å². The molecule has 0 saturated heterocycles. The summed E-state index contributed by atoms with van der Waals surface area (Å²) in [6, 6.07) is 67.0. The zero-order chi connectivity index (χ0) is 39.2. The summed E-state index contributed by atoms with van der Waals surface area (Å²) in [7, 11) is 0. The summed E-state index contributed by atoms with van der Waals surface area (Å²) in [6.07, 6.45) is 0. The summed E-state index contributed by atoms with van der Waals surface area (Å²) in [5.74, 6) is 1.86. The largest absolute Gasteiger partial charge is 0.307 e. The number of para-hydroxylation sites is 2. The third kappa shape index (κ3) is 4.95. The van der Waals surface area contributed by atoms with Crippen LogP contribution in [0.5, 0.6) is 0 Å². The summed E-state index contributed by atoms with van der Waals surface area (Å²) in [5, 5.41) is 4.63. The van der Waals surface area contributed by atoms with Crippen LogP contribution in [0.1, 0.15) is 25.0 Å². The van der Waals surface area contributed by atoms with Crippen LogP contribution in [0.15, 0.2) is 188 Å². The maximum atomic E-state index is 5.53. The first-order valence-corrected chi connectivity index (χ1v) is 20.2. The quantitative estimate of drug-likeness (QED) is 0.176. The zero-order valence-corrected chi connectivity index (χ0v) is 32.6. The fourth-order valence-corrected chi connectivity index (χ4v) is 9.77. The van der Waals surface area contributed by atoms with E-state index in [2.05, 4.69) is 193 Å². The Kier molecular flexibility index (Phi) is 7.20. The van der Waals surface area contributed by atoms with E-state index in [1.807, 2.05) is 18.2 Å². The van der Waals surface area contributed by atoms with Crippen LogP contribution < -0.4 is 0 Å². The topological polar surface area (TPSA) is 48.5 Å². The van der Waals surface area contributed by atoms with E-state index in [-0.39, 0.29) is 5.41 Å². The van der Waals surface area contributed by atoms with Gasteiger partial charge in [-0.2, -0.15) is 9.97 Å². The van der Waals surface area contributed by atoms with Crippen LogP contribution in [-0.4, -0.2) is 24.1 Å². The van der Waals surface area contributed by atoms with Gasteiger partial charge in [-0.05, 0) is 57.6 Å². The van der Waals surface area contributed by atoms with E-state index < -0.39 is 0 Å². The van der Waals surface area contributed by atoms with Gasteiger partial charge in [0.1, 0.15) is 0 Å². The lowest BCUT2D eigenvalue weighted by atomic mass is 9.80. The van der Waals surface area contributed by atoms with Gasteiger partial charge >= 0.3 is 0 Å². The number of hydrogen-bond donors (Lipinski definition) is 0. The number of benzene rings is 8. The van der Waals surface area contributed by atoms with Gasteiger partial charge in [0.05, 0.1) is 22.1 Å². The molecule has 0 unspecified atom stereocenters. The van der Waals surface area contributed by atoms with Crippen molar-refractivity contribution in [2.75, 3.05) is 0 Å². The Morgan fingerprint density at radius 3 is 1.68 bits per heavy atom. The molecule has 59 heavy (non-hydrogen) atoms. The maximum Gasteiger partial charge on any atom is 0.238 e. The molecule has 0 radical (unpaired) electrons. The molecule has 0 saturated carbocycles. The molecule has 3 aromatic heterocycles. The molecule has 0 N–H and O–H groups in total. The van der Waals surface area contributed by atoms with Crippen molar-refractivity contribution in [1.82, 2.24) is 24.1 Å². The van der Waals surface area contributed by atoms with Crippen molar-refractivity contribution < 1.29 is 0 Å². The van der Waals surface area contributed by atoms with Crippen LogP contribution in [-0.2, 0) is 5.41 Å². The van der Waals surface area contributed by atoms with Gasteiger partial charge in [0.25, 0.3) is 0 Å². The van der Waals surface area contributed by atoms with E-state index in [9.17, 15) is 0 Å². The van der Waals surface area contributed by atoms with E-state index >= 15 is 0 Å². The van der Waals surface area contributed by atoms with Gasteiger partial charge < -0.3 is 4.57 Å². The predicted octanol–water partition coefficient (Wildman–Crippen LogP) is 13.4. The average Bonchev–Trinajstić information content (AvgIpc) is 3.90. The maximum absolute atomic E-state index is 5.53. The lowest BCUT2D eigenvalue weighted by molar-refractivity contribution is 0.661. The molecule has 1 aliphatic rings. The molecule has 12 rings (SSSR count). The monoisotopic (exact) mass is 755 g/mol. The standard InChI is InChI=1S/C54H37N5/c1-54(2)45-28-12-9-23-38(45)41-26-16-27-44(48(41)54)52-55-51(35-19-7-4-8-20-35)56-53(57-52)59-47-30-14-11-25-40(47)43-32-31-42-39-24-10-13-29-46(39)58(49(42)50(43)59)37-22-15-21-36(33-37)34-17-5-3-6-18-34/h3-33H,1-2H3. The van der Waals surface area contributed by atoms with Gasteiger partial charge in [-0.3, -0.25) is 4.57 Å². The smallest absolute Gasteiger partial charge is 0.238 e. The zero-order valence-electron chi connectivity index (χ0n) is 32.6. The molecule has 3 heterocycles. The SMILES string of the molecule is CC1(C)c2ccccc2-c2cccc(-c3nc(-c4ccccc4)nc(-n4c5ccccc5c5ccc6c7ccccc7n(-c7cccc(-c8ccccc8)c7)c6c54)n3)c21. The molecule has 0 bridgehead atoms. The third-order valence-corrected chi connectivity index (χ3v) is 12.4. The molecule has 0 atom stereocenters. The molecule has 0 amide bonds. The second-order valence-electron chi connectivity index (χ2n) is 16.0. The Balaban J connectivity index is 1.20. The molecule has 5 nitrogen and oxygen atoms in total. The van der Waals surface area contributed by atoms with Crippen LogP contribution in [0.4, 0.5) is 0 Å². The number of hydrogen-bond acceptors (Lipinski definition) is 3.